The summed E-state index contributed by atoms with van der Waals surface area (Å²) in [4.78, 5) is 0. The zero-order valence-corrected chi connectivity index (χ0v) is 11.8. The van der Waals surface area contributed by atoms with Gasteiger partial charge in [0.05, 0.1) is 19.8 Å². The van der Waals surface area contributed by atoms with Crippen LogP contribution in [-0.2, 0) is 11.2 Å². The summed E-state index contributed by atoms with van der Waals surface area (Å²) < 4.78 is 11.3. The van der Waals surface area contributed by atoms with E-state index in [4.69, 9.17) is 9.47 Å². The summed E-state index contributed by atoms with van der Waals surface area (Å²) in [6.45, 7) is 0.861. The van der Waals surface area contributed by atoms with Gasteiger partial charge in [0.1, 0.15) is 5.75 Å². The summed E-state index contributed by atoms with van der Waals surface area (Å²) in [7, 11) is 3.73. The molecular weight excluding hydrogens is 246 g/mol. The van der Waals surface area contributed by atoms with Crippen molar-refractivity contribution in [3.63, 3.8) is 0 Å². The summed E-state index contributed by atoms with van der Waals surface area (Å²) in [5.74, 6) is 3.14. The molecule has 2 atom stereocenters. The molecule has 1 saturated heterocycles. The van der Waals surface area contributed by atoms with Gasteiger partial charge in [-0.3, -0.25) is 0 Å². The molecule has 1 aliphatic heterocycles. The predicted octanol–water partition coefficient (Wildman–Crippen LogP) is 1.96. The molecule has 3 nitrogen and oxygen atoms in total. The second kappa shape index (κ2) is 7.02. The van der Waals surface area contributed by atoms with E-state index in [1.54, 1.807) is 7.11 Å². The average molecular weight is 267 g/mol. The van der Waals surface area contributed by atoms with Gasteiger partial charge in [-0.25, -0.2) is 0 Å². The van der Waals surface area contributed by atoms with Gasteiger partial charge in [-0.15, -0.1) is 0 Å². The molecule has 0 saturated carbocycles. The van der Waals surface area contributed by atoms with Crippen LogP contribution in [0.15, 0.2) is 24.3 Å². The number of rotatable bonds is 5. The maximum Gasteiger partial charge on any atom is 0.122 e. The van der Waals surface area contributed by atoms with Crippen molar-refractivity contribution in [2.45, 2.75) is 18.6 Å². The van der Waals surface area contributed by atoms with Gasteiger partial charge in [-0.05, 0) is 25.1 Å². The Morgan fingerprint density at radius 3 is 3.00 bits per heavy atom. The zero-order chi connectivity index (χ0) is 12.8. The molecule has 1 heterocycles. The maximum absolute atomic E-state index is 5.85. The van der Waals surface area contributed by atoms with Crippen molar-refractivity contribution < 1.29 is 9.47 Å². The number of likely N-dealkylation sites (N-methyl/N-ethyl adjacent to an activating group) is 1. The first-order valence-electron chi connectivity index (χ1n) is 6.33. The maximum atomic E-state index is 5.85. The summed E-state index contributed by atoms with van der Waals surface area (Å²) in [6, 6.07) is 8.54. The van der Waals surface area contributed by atoms with Crippen LogP contribution in [0.2, 0.25) is 0 Å². The van der Waals surface area contributed by atoms with E-state index < -0.39 is 0 Å². The minimum Gasteiger partial charge on any atom is -0.496 e. The van der Waals surface area contributed by atoms with E-state index in [9.17, 15) is 0 Å². The first kappa shape index (κ1) is 13.7. The molecule has 0 bridgehead atoms. The third kappa shape index (κ3) is 3.40. The monoisotopic (exact) mass is 267 g/mol. The van der Waals surface area contributed by atoms with Crippen molar-refractivity contribution >= 4 is 11.8 Å². The lowest BCUT2D eigenvalue weighted by molar-refractivity contribution is 0.0491. The van der Waals surface area contributed by atoms with E-state index in [-0.39, 0.29) is 0 Å². The van der Waals surface area contributed by atoms with Gasteiger partial charge in [-0.2, -0.15) is 11.8 Å². The minimum atomic E-state index is 0.290. The quantitative estimate of drug-likeness (QED) is 0.883. The van der Waals surface area contributed by atoms with Crippen LogP contribution in [-0.4, -0.2) is 44.4 Å². The van der Waals surface area contributed by atoms with E-state index >= 15 is 0 Å². The first-order chi connectivity index (χ1) is 8.85. The normalized spacial score (nSPS) is 21.6. The van der Waals surface area contributed by atoms with Crippen LogP contribution in [0.1, 0.15) is 5.56 Å². The van der Waals surface area contributed by atoms with Crippen LogP contribution in [0.5, 0.6) is 5.75 Å². The van der Waals surface area contributed by atoms with Crippen molar-refractivity contribution in [1.29, 1.82) is 0 Å². The highest BCUT2D eigenvalue weighted by Gasteiger charge is 2.24. The van der Waals surface area contributed by atoms with Crippen molar-refractivity contribution in [1.82, 2.24) is 5.32 Å². The molecule has 1 aliphatic rings. The Labute approximate surface area is 113 Å². The highest BCUT2D eigenvalue weighted by atomic mass is 32.2. The second-order valence-corrected chi connectivity index (χ2v) is 5.55. The van der Waals surface area contributed by atoms with Gasteiger partial charge in [0.15, 0.2) is 0 Å². The summed E-state index contributed by atoms with van der Waals surface area (Å²) in [5, 5.41) is 3.38. The van der Waals surface area contributed by atoms with Gasteiger partial charge in [0, 0.05) is 17.5 Å². The van der Waals surface area contributed by atoms with Crippen molar-refractivity contribution in [3.8, 4) is 5.75 Å². The molecule has 4 heteroatoms. The number of thioether (sulfide) groups is 1. The number of nitrogens with one attached hydrogen (secondary N) is 1. The third-order valence-corrected chi connectivity index (χ3v) is 4.31. The fourth-order valence-corrected chi connectivity index (χ4v) is 3.21. The molecule has 0 radical (unpaired) electrons. The Morgan fingerprint density at radius 2 is 2.33 bits per heavy atom. The topological polar surface area (TPSA) is 30.5 Å². The number of para-hydroxylation sites is 1. The molecule has 18 heavy (non-hydrogen) atoms. The number of ether oxygens (including phenoxy) is 2. The fraction of sp³-hybridized carbons (Fsp3) is 0.571. The Kier molecular flexibility index (Phi) is 5.35. The highest BCUT2D eigenvalue weighted by molar-refractivity contribution is 7.99. The number of hydrogen-bond acceptors (Lipinski definition) is 4. The summed E-state index contributed by atoms with van der Waals surface area (Å²) >= 11 is 1.97. The number of hydrogen-bond donors (Lipinski definition) is 1. The molecule has 1 aromatic carbocycles. The Morgan fingerprint density at radius 1 is 1.50 bits per heavy atom. The van der Waals surface area contributed by atoms with Gasteiger partial charge in [0.25, 0.3) is 0 Å². The molecule has 0 aliphatic carbocycles. The van der Waals surface area contributed by atoms with Crippen molar-refractivity contribution in [2.24, 2.45) is 0 Å². The van der Waals surface area contributed by atoms with Crippen LogP contribution >= 0.6 is 11.8 Å². The summed E-state index contributed by atoms with van der Waals surface area (Å²) in [5.41, 5.74) is 1.23. The lowest BCUT2D eigenvalue weighted by atomic mass is 10.0. The Hall–Kier alpha value is -0.710. The Balaban J connectivity index is 2.04. The molecule has 1 fully saturated rings. The van der Waals surface area contributed by atoms with Crippen LogP contribution in [0.3, 0.4) is 0 Å². The lowest BCUT2D eigenvalue weighted by Gasteiger charge is -2.30. The highest BCUT2D eigenvalue weighted by Crippen LogP contribution is 2.22. The zero-order valence-electron chi connectivity index (χ0n) is 11.0. The molecule has 2 unspecified atom stereocenters. The van der Waals surface area contributed by atoms with Gasteiger partial charge in [0.2, 0.25) is 0 Å². The van der Waals surface area contributed by atoms with Crippen LogP contribution in [0.25, 0.3) is 0 Å². The molecule has 0 aromatic heterocycles. The van der Waals surface area contributed by atoms with Crippen molar-refractivity contribution in [2.75, 3.05) is 32.3 Å². The van der Waals surface area contributed by atoms with Crippen LogP contribution < -0.4 is 10.1 Å². The largest absolute Gasteiger partial charge is 0.496 e. The van der Waals surface area contributed by atoms with Crippen molar-refractivity contribution in [3.05, 3.63) is 29.8 Å². The molecular formula is C14H21NO2S. The SMILES string of the molecule is CNC(Cc1ccccc1OC)C1CSCCO1. The molecule has 0 amide bonds. The summed E-state index contributed by atoms with van der Waals surface area (Å²) in [6.07, 6.45) is 1.23. The molecule has 2 rings (SSSR count). The average Bonchev–Trinajstić information content (AvgIpc) is 2.46. The number of benzene rings is 1. The molecule has 100 valence electrons. The lowest BCUT2D eigenvalue weighted by Crippen LogP contribution is -2.44. The molecule has 1 N–H and O–H groups in total. The molecule has 0 spiro atoms. The van der Waals surface area contributed by atoms with E-state index in [0.717, 1.165) is 30.3 Å². The van der Waals surface area contributed by atoms with Gasteiger partial charge in [-0.1, -0.05) is 18.2 Å². The third-order valence-electron chi connectivity index (χ3n) is 3.29. The fourth-order valence-electron chi connectivity index (χ4n) is 2.27. The van der Waals surface area contributed by atoms with Crippen LogP contribution in [0.4, 0.5) is 0 Å². The predicted molar refractivity (Wildman–Crippen MR) is 76.6 cm³/mol. The smallest absolute Gasteiger partial charge is 0.122 e. The van der Waals surface area contributed by atoms with Gasteiger partial charge >= 0.3 is 0 Å². The van der Waals surface area contributed by atoms with E-state index in [1.807, 2.05) is 30.9 Å². The standard InChI is InChI=1S/C14H21NO2S/c1-15-12(14-10-18-8-7-17-14)9-11-5-3-4-6-13(11)16-2/h3-6,12,14-15H,7-10H2,1-2H3. The van der Waals surface area contributed by atoms with Crippen LogP contribution in [0, 0.1) is 0 Å². The minimum absolute atomic E-state index is 0.290. The second-order valence-electron chi connectivity index (χ2n) is 4.40. The molecule has 1 aromatic rings. The first-order valence-corrected chi connectivity index (χ1v) is 7.49. The number of methoxy groups -OCH3 is 1. The van der Waals surface area contributed by atoms with Gasteiger partial charge < -0.3 is 14.8 Å². The Bertz CT molecular complexity index is 367. The van der Waals surface area contributed by atoms with E-state index in [2.05, 4.69) is 17.4 Å². The van der Waals surface area contributed by atoms with E-state index in [1.165, 1.54) is 5.56 Å². The van der Waals surface area contributed by atoms with E-state index in [0.29, 0.717) is 12.1 Å².